The third kappa shape index (κ3) is 2.98. The molecule has 3 aromatic rings. The summed E-state index contributed by atoms with van der Waals surface area (Å²) in [5, 5.41) is 11.1. The Labute approximate surface area is 133 Å². The third-order valence-electron chi connectivity index (χ3n) is 3.43. The molecule has 0 aliphatic carbocycles. The van der Waals surface area contributed by atoms with E-state index in [1.165, 1.54) is 0 Å². The highest BCUT2D eigenvalue weighted by atomic mass is 16.5. The summed E-state index contributed by atoms with van der Waals surface area (Å²) < 4.78 is 21.5. The van der Waals surface area contributed by atoms with Gasteiger partial charge in [-0.3, -0.25) is 0 Å². The van der Waals surface area contributed by atoms with Crippen LogP contribution >= 0.6 is 0 Å². The van der Waals surface area contributed by atoms with E-state index in [2.05, 4.69) is 15.5 Å². The number of nitrogens with zero attached hydrogens (tertiary/aromatic N) is 2. The number of benzene rings is 1. The molecule has 0 aliphatic heterocycles. The van der Waals surface area contributed by atoms with Gasteiger partial charge in [0.15, 0.2) is 11.5 Å². The second-order valence-corrected chi connectivity index (χ2v) is 4.81. The second-order valence-electron chi connectivity index (χ2n) is 4.81. The van der Waals surface area contributed by atoms with Gasteiger partial charge in [-0.15, -0.1) is 5.10 Å². The van der Waals surface area contributed by atoms with Crippen LogP contribution in [0.5, 0.6) is 11.5 Å². The Balaban J connectivity index is 1.75. The Morgan fingerprint density at radius 3 is 2.70 bits per heavy atom. The van der Waals surface area contributed by atoms with Crippen LogP contribution in [0.4, 0.5) is 6.01 Å². The zero-order valence-electron chi connectivity index (χ0n) is 13.1. The summed E-state index contributed by atoms with van der Waals surface area (Å²) in [6.07, 6.45) is 1.59. The largest absolute Gasteiger partial charge is 0.493 e. The van der Waals surface area contributed by atoms with Crippen LogP contribution in [-0.4, -0.2) is 24.4 Å². The van der Waals surface area contributed by atoms with Crippen LogP contribution in [0.3, 0.4) is 0 Å². The lowest BCUT2D eigenvalue weighted by atomic mass is 10.2. The fraction of sp³-hybridized carbons (Fsp3) is 0.250. The highest BCUT2D eigenvalue weighted by Crippen LogP contribution is 2.31. The number of aryl methyl sites for hydroxylation is 1. The number of nitrogens with one attached hydrogen (secondary N) is 1. The number of para-hydroxylation sites is 1. The van der Waals surface area contributed by atoms with Crippen molar-refractivity contribution in [3.05, 3.63) is 41.9 Å². The minimum atomic E-state index is 0.325. The lowest BCUT2D eigenvalue weighted by Gasteiger charge is -2.12. The van der Waals surface area contributed by atoms with Crippen LogP contribution in [0.25, 0.3) is 11.5 Å². The molecule has 0 saturated carbocycles. The van der Waals surface area contributed by atoms with E-state index in [0.717, 1.165) is 16.9 Å². The molecule has 0 aliphatic rings. The number of rotatable bonds is 6. The summed E-state index contributed by atoms with van der Waals surface area (Å²) in [7, 11) is 3.21. The maximum absolute atomic E-state index is 5.60. The number of methoxy groups -OCH3 is 2. The SMILES string of the molecule is COc1cccc(CNc2nnc(-c3ccoc3C)o2)c1OC. The molecule has 2 heterocycles. The van der Waals surface area contributed by atoms with Crippen molar-refractivity contribution in [2.75, 3.05) is 19.5 Å². The Morgan fingerprint density at radius 1 is 1.13 bits per heavy atom. The summed E-state index contributed by atoms with van der Waals surface area (Å²) in [4.78, 5) is 0. The molecule has 0 amide bonds. The fourth-order valence-electron chi connectivity index (χ4n) is 2.27. The van der Waals surface area contributed by atoms with Gasteiger partial charge in [0, 0.05) is 12.1 Å². The molecule has 2 aromatic heterocycles. The first-order chi connectivity index (χ1) is 11.2. The molecule has 7 heteroatoms. The Morgan fingerprint density at radius 2 is 2.00 bits per heavy atom. The predicted octanol–water partition coefficient (Wildman–Crippen LogP) is 3.27. The summed E-state index contributed by atoms with van der Waals surface area (Å²) >= 11 is 0. The van der Waals surface area contributed by atoms with E-state index in [1.54, 1.807) is 26.5 Å². The van der Waals surface area contributed by atoms with Gasteiger partial charge >= 0.3 is 6.01 Å². The highest BCUT2D eigenvalue weighted by Gasteiger charge is 2.14. The van der Waals surface area contributed by atoms with Gasteiger partial charge in [-0.2, -0.15) is 0 Å². The molecule has 1 aromatic carbocycles. The van der Waals surface area contributed by atoms with Gasteiger partial charge in [0.05, 0.1) is 26.0 Å². The van der Waals surface area contributed by atoms with Gasteiger partial charge < -0.3 is 23.6 Å². The van der Waals surface area contributed by atoms with Crippen LogP contribution in [-0.2, 0) is 6.54 Å². The molecular weight excluding hydrogens is 298 g/mol. The Hall–Kier alpha value is -2.96. The summed E-state index contributed by atoms with van der Waals surface area (Å²) in [6, 6.07) is 7.79. The molecule has 7 nitrogen and oxygen atoms in total. The van der Waals surface area contributed by atoms with E-state index < -0.39 is 0 Å². The molecule has 0 fully saturated rings. The minimum Gasteiger partial charge on any atom is -0.493 e. The van der Waals surface area contributed by atoms with Crippen molar-refractivity contribution in [2.24, 2.45) is 0 Å². The van der Waals surface area contributed by atoms with Gasteiger partial charge in [-0.1, -0.05) is 17.2 Å². The average Bonchev–Trinajstić information content (AvgIpc) is 3.20. The van der Waals surface area contributed by atoms with Crippen molar-refractivity contribution in [1.82, 2.24) is 10.2 Å². The topological polar surface area (TPSA) is 82.5 Å². The first-order valence-electron chi connectivity index (χ1n) is 7.04. The molecule has 0 bridgehead atoms. The van der Waals surface area contributed by atoms with Crippen molar-refractivity contribution < 1.29 is 18.3 Å². The van der Waals surface area contributed by atoms with Gasteiger partial charge in [-0.25, -0.2) is 0 Å². The van der Waals surface area contributed by atoms with Crippen LogP contribution in [0, 0.1) is 6.92 Å². The van der Waals surface area contributed by atoms with Gasteiger partial charge in [-0.05, 0) is 19.1 Å². The smallest absolute Gasteiger partial charge is 0.316 e. The van der Waals surface area contributed by atoms with Crippen molar-refractivity contribution in [1.29, 1.82) is 0 Å². The zero-order chi connectivity index (χ0) is 16.2. The van der Waals surface area contributed by atoms with Crippen molar-refractivity contribution >= 4 is 6.01 Å². The van der Waals surface area contributed by atoms with Crippen molar-refractivity contribution in [3.8, 4) is 23.0 Å². The first-order valence-corrected chi connectivity index (χ1v) is 7.04. The summed E-state index contributed by atoms with van der Waals surface area (Å²) in [6.45, 7) is 2.31. The van der Waals surface area contributed by atoms with Crippen LogP contribution in [0.15, 0.2) is 39.4 Å². The van der Waals surface area contributed by atoms with E-state index in [1.807, 2.05) is 25.1 Å². The van der Waals surface area contributed by atoms with Crippen LogP contribution < -0.4 is 14.8 Å². The Bertz CT molecular complexity index is 794. The Kier molecular flexibility index (Phi) is 4.18. The molecule has 0 atom stereocenters. The standard InChI is InChI=1S/C16H17N3O4/c1-10-12(7-8-22-10)15-18-19-16(23-15)17-9-11-5-4-6-13(20-2)14(11)21-3/h4-8H,9H2,1-3H3,(H,17,19). The number of furan rings is 1. The van der Waals surface area contributed by atoms with Gasteiger partial charge in [0.1, 0.15) is 5.76 Å². The van der Waals surface area contributed by atoms with Gasteiger partial charge in [0.2, 0.25) is 0 Å². The normalized spacial score (nSPS) is 10.6. The molecule has 1 N–H and O–H groups in total. The monoisotopic (exact) mass is 315 g/mol. The van der Waals surface area contributed by atoms with Crippen molar-refractivity contribution in [2.45, 2.75) is 13.5 Å². The maximum Gasteiger partial charge on any atom is 0.316 e. The van der Waals surface area contributed by atoms with Crippen molar-refractivity contribution in [3.63, 3.8) is 0 Å². The second kappa shape index (κ2) is 6.43. The summed E-state index contributed by atoms with van der Waals surface area (Å²) in [5.41, 5.74) is 1.70. The van der Waals surface area contributed by atoms with E-state index in [4.69, 9.17) is 18.3 Å². The molecule has 0 saturated heterocycles. The lowest BCUT2D eigenvalue weighted by molar-refractivity contribution is 0.352. The van der Waals surface area contributed by atoms with Crippen LogP contribution in [0.1, 0.15) is 11.3 Å². The first kappa shape index (κ1) is 15.0. The van der Waals surface area contributed by atoms with E-state index in [9.17, 15) is 0 Å². The number of ether oxygens (including phenoxy) is 2. The molecular formula is C16H17N3O4. The zero-order valence-corrected chi connectivity index (χ0v) is 13.1. The van der Waals surface area contributed by atoms with Gasteiger partial charge in [0.25, 0.3) is 5.89 Å². The molecule has 120 valence electrons. The predicted molar refractivity (Wildman–Crippen MR) is 83.6 cm³/mol. The fourth-order valence-corrected chi connectivity index (χ4v) is 2.27. The molecule has 0 radical (unpaired) electrons. The lowest BCUT2D eigenvalue weighted by Crippen LogP contribution is -2.03. The number of hydrogen-bond donors (Lipinski definition) is 1. The molecule has 3 rings (SSSR count). The van der Waals surface area contributed by atoms with E-state index in [0.29, 0.717) is 29.9 Å². The highest BCUT2D eigenvalue weighted by molar-refractivity contribution is 5.55. The molecule has 0 spiro atoms. The molecule has 23 heavy (non-hydrogen) atoms. The molecule has 0 unspecified atom stereocenters. The number of aromatic nitrogens is 2. The maximum atomic E-state index is 5.60. The van der Waals surface area contributed by atoms with E-state index in [-0.39, 0.29) is 0 Å². The quantitative estimate of drug-likeness (QED) is 0.747. The van der Waals surface area contributed by atoms with E-state index >= 15 is 0 Å². The van der Waals surface area contributed by atoms with Crippen LogP contribution in [0.2, 0.25) is 0 Å². The number of anilines is 1. The summed E-state index contributed by atoms with van der Waals surface area (Å²) in [5.74, 6) is 2.49. The number of hydrogen-bond acceptors (Lipinski definition) is 7. The minimum absolute atomic E-state index is 0.325. The third-order valence-corrected chi connectivity index (χ3v) is 3.43. The average molecular weight is 315 g/mol.